The molecule has 1 unspecified atom stereocenters. The monoisotopic (exact) mass is 345 g/mol. The summed E-state index contributed by atoms with van der Waals surface area (Å²) < 4.78 is 7.80. The van der Waals surface area contributed by atoms with Crippen LogP contribution in [0.15, 0.2) is 55.0 Å². The van der Waals surface area contributed by atoms with Gasteiger partial charge in [-0.15, -0.1) is 10.2 Å². The maximum Gasteiger partial charge on any atom is 0.177 e. The molecule has 26 heavy (non-hydrogen) atoms. The molecular weight excluding hydrogens is 330 g/mol. The minimum Gasteiger partial charge on any atom is -0.484 e. The van der Waals surface area contributed by atoms with Crippen LogP contribution in [-0.2, 0) is 6.42 Å². The van der Waals surface area contributed by atoms with E-state index in [-0.39, 0.29) is 6.10 Å². The van der Waals surface area contributed by atoms with Gasteiger partial charge >= 0.3 is 0 Å². The normalized spacial score (nSPS) is 15.9. The van der Waals surface area contributed by atoms with Crippen molar-refractivity contribution in [3.05, 3.63) is 60.8 Å². The molecular formula is C18H15N7O. The number of pyridine rings is 2. The van der Waals surface area contributed by atoms with Gasteiger partial charge in [0.1, 0.15) is 6.10 Å². The van der Waals surface area contributed by atoms with Crippen LogP contribution in [0.2, 0.25) is 0 Å². The number of nitrogens with zero attached hydrogens (tertiary/aromatic N) is 6. The lowest BCUT2D eigenvalue weighted by Crippen LogP contribution is -2.33. The van der Waals surface area contributed by atoms with Crippen LogP contribution in [0, 0.1) is 0 Å². The van der Waals surface area contributed by atoms with E-state index in [4.69, 9.17) is 9.84 Å². The molecule has 1 N–H and O–H groups in total. The first kappa shape index (κ1) is 14.8. The summed E-state index contributed by atoms with van der Waals surface area (Å²) in [5.74, 6) is 2.28. The highest BCUT2D eigenvalue weighted by Crippen LogP contribution is 2.26. The maximum atomic E-state index is 6.03. The first-order valence-corrected chi connectivity index (χ1v) is 8.34. The average molecular weight is 345 g/mol. The Kier molecular flexibility index (Phi) is 3.45. The molecule has 0 saturated carbocycles. The molecule has 4 aromatic heterocycles. The standard InChI is InChI=1S/C18H15N7O/c1-2-15-18(20-7-1)21-11-13(26-15)10-17-23-22-16-4-3-14(24-25(16)17)12-5-8-19-9-6-12/h1-9,13H,10-11H2,(H,20,21). The highest BCUT2D eigenvalue weighted by Gasteiger charge is 2.22. The summed E-state index contributed by atoms with van der Waals surface area (Å²) in [5.41, 5.74) is 2.55. The summed E-state index contributed by atoms with van der Waals surface area (Å²) in [6.45, 7) is 0.656. The van der Waals surface area contributed by atoms with Crippen LogP contribution in [-0.4, -0.2) is 42.4 Å². The van der Waals surface area contributed by atoms with Crippen molar-refractivity contribution in [1.82, 2.24) is 29.8 Å². The van der Waals surface area contributed by atoms with Gasteiger partial charge in [-0.2, -0.15) is 9.61 Å². The molecule has 1 aliphatic rings. The van der Waals surface area contributed by atoms with Gasteiger partial charge in [0.25, 0.3) is 0 Å². The molecule has 5 heterocycles. The fourth-order valence-corrected chi connectivity index (χ4v) is 3.00. The molecule has 8 heteroatoms. The topological polar surface area (TPSA) is 90.1 Å². The first-order valence-electron chi connectivity index (χ1n) is 8.34. The Labute approximate surface area is 148 Å². The molecule has 0 saturated heterocycles. The van der Waals surface area contributed by atoms with Crippen LogP contribution in [0.25, 0.3) is 16.9 Å². The van der Waals surface area contributed by atoms with E-state index in [0.717, 1.165) is 28.6 Å². The third-order valence-electron chi connectivity index (χ3n) is 4.28. The lowest BCUT2D eigenvalue weighted by Gasteiger charge is -2.25. The fourth-order valence-electron chi connectivity index (χ4n) is 3.00. The van der Waals surface area contributed by atoms with E-state index in [1.807, 2.05) is 36.4 Å². The van der Waals surface area contributed by atoms with E-state index in [0.29, 0.717) is 18.6 Å². The van der Waals surface area contributed by atoms with Crippen LogP contribution in [0.5, 0.6) is 5.75 Å². The predicted octanol–water partition coefficient (Wildman–Crippen LogP) is 2.00. The SMILES string of the molecule is c1cnc2c(c1)OC(Cc1nnc3ccc(-c4ccncc4)nn13)CN2. The summed E-state index contributed by atoms with van der Waals surface area (Å²) >= 11 is 0. The number of fused-ring (bicyclic) bond motifs is 2. The Bertz CT molecular complexity index is 1060. The second-order valence-electron chi connectivity index (χ2n) is 6.02. The highest BCUT2D eigenvalue weighted by atomic mass is 16.5. The molecule has 128 valence electrons. The lowest BCUT2D eigenvalue weighted by atomic mass is 10.2. The molecule has 0 amide bonds. The van der Waals surface area contributed by atoms with Crippen molar-refractivity contribution in [3.63, 3.8) is 0 Å². The molecule has 8 nitrogen and oxygen atoms in total. The molecule has 1 atom stereocenters. The fraction of sp³-hybridized carbons (Fsp3) is 0.167. The van der Waals surface area contributed by atoms with Crippen molar-refractivity contribution in [3.8, 4) is 17.0 Å². The summed E-state index contributed by atoms with van der Waals surface area (Å²) in [5, 5.41) is 16.5. The van der Waals surface area contributed by atoms with Crippen molar-refractivity contribution in [2.45, 2.75) is 12.5 Å². The van der Waals surface area contributed by atoms with Crippen LogP contribution in [0.1, 0.15) is 5.82 Å². The first-order chi connectivity index (χ1) is 12.9. The largest absolute Gasteiger partial charge is 0.484 e. The molecule has 4 aromatic rings. The number of anilines is 1. The Hall–Kier alpha value is -3.55. The molecule has 5 rings (SSSR count). The van der Waals surface area contributed by atoms with E-state index < -0.39 is 0 Å². The number of nitrogens with one attached hydrogen (secondary N) is 1. The molecule has 0 bridgehead atoms. The zero-order chi connectivity index (χ0) is 17.3. The van der Waals surface area contributed by atoms with Crippen molar-refractivity contribution < 1.29 is 4.74 Å². The lowest BCUT2D eigenvalue weighted by molar-refractivity contribution is 0.202. The summed E-state index contributed by atoms with van der Waals surface area (Å²) in [6.07, 6.45) is 5.77. The van der Waals surface area contributed by atoms with Gasteiger partial charge in [-0.05, 0) is 36.4 Å². The molecule has 0 radical (unpaired) electrons. The van der Waals surface area contributed by atoms with E-state index >= 15 is 0 Å². The Morgan fingerprint density at radius 2 is 2.00 bits per heavy atom. The minimum absolute atomic E-state index is 0.0644. The maximum absolute atomic E-state index is 6.03. The predicted molar refractivity (Wildman–Crippen MR) is 94.9 cm³/mol. The van der Waals surface area contributed by atoms with Crippen molar-refractivity contribution in [1.29, 1.82) is 0 Å². The summed E-state index contributed by atoms with van der Waals surface area (Å²) in [7, 11) is 0. The van der Waals surface area contributed by atoms with Crippen LogP contribution < -0.4 is 10.1 Å². The van der Waals surface area contributed by atoms with Gasteiger partial charge in [0.05, 0.1) is 12.2 Å². The van der Waals surface area contributed by atoms with Gasteiger partial charge in [-0.25, -0.2) is 4.98 Å². The van der Waals surface area contributed by atoms with Gasteiger partial charge in [0.2, 0.25) is 0 Å². The molecule has 0 fully saturated rings. The summed E-state index contributed by atoms with van der Waals surface area (Å²) in [4.78, 5) is 8.31. The van der Waals surface area contributed by atoms with E-state index in [9.17, 15) is 0 Å². The number of aromatic nitrogens is 6. The minimum atomic E-state index is -0.0644. The highest BCUT2D eigenvalue weighted by molar-refractivity contribution is 5.59. The van der Waals surface area contributed by atoms with Gasteiger partial charge in [0.15, 0.2) is 23.0 Å². The second kappa shape index (κ2) is 6.07. The van der Waals surface area contributed by atoms with Crippen LogP contribution in [0.3, 0.4) is 0 Å². The smallest absolute Gasteiger partial charge is 0.177 e. The molecule has 0 aliphatic carbocycles. The zero-order valence-corrected chi connectivity index (χ0v) is 13.8. The number of hydrogen-bond donors (Lipinski definition) is 1. The third kappa shape index (κ3) is 2.61. The Morgan fingerprint density at radius 3 is 2.92 bits per heavy atom. The van der Waals surface area contributed by atoms with Crippen molar-refractivity contribution in [2.24, 2.45) is 0 Å². The van der Waals surface area contributed by atoms with Crippen LogP contribution >= 0.6 is 0 Å². The quantitative estimate of drug-likeness (QED) is 0.607. The Balaban J connectivity index is 1.44. The van der Waals surface area contributed by atoms with Crippen LogP contribution in [0.4, 0.5) is 5.82 Å². The number of ether oxygens (including phenoxy) is 1. The van der Waals surface area contributed by atoms with Gasteiger partial charge < -0.3 is 10.1 Å². The average Bonchev–Trinajstić information content (AvgIpc) is 3.10. The summed E-state index contributed by atoms with van der Waals surface area (Å²) in [6, 6.07) is 11.5. The van der Waals surface area contributed by atoms with E-state index in [2.05, 4.69) is 25.5 Å². The molecule has 0 spiro atoms. The number of rotatable bonds is 3. The number of hydrogen-bond acceptors (Lipinski definition) is 7. The van der Waals surface area contributed by atoms with Crippen molar-refractivity contribution in [2.75, 3.05) is 11.9 Å². The van der Waals surface area contributed by atoms with Gasteiger partial charge in [0, 0.05) is 30.6 Å². The van der Waals surface area contributed by atoms with Gasteiger partial charge in [-0.1, -0.05) is 0 Å². The second-order valence-corrected chi connectivity index (χ2v) is 6.02. The zero-order valence-electron chi connectivity index (χ0n) is 13.8. The molecule has 1 aliphatic heterocycles. The van der Waals surface area contributed by atoms with E-state index in [1.165, 1.54) is 0 Å². The van der Waals surface area contributed by atoms with E-state index in [1.54, 1.807) is 23.1 Å². The third-order valence-corrected chi connectivity index (χ3v) is 4.28. The van der Waals surface area contributed by atoms with Crippen molar-refractivity contribution >= 4 is 11.5 Å². The molecule has 0 aromatic carbocycles. The Morgan fingerprint density at radius 1 is 1.08 bits per heavy atom. The van der Waals surface area contributed by atoms with Gasteiger partial charge in [-0.3, -0.25) is 4.98 Å².